The van der Waals surface area contributed by atoms with E-state index in [1.807, 2.05) is 0 Å². The largest absolute Gasteiger partial charge is 4.00 e. The average Bonchev–Trinajstić information content (AvgIpc) is 1.38. The molecule has 0 aliphatic heterocycles. The summed E-state index contributed by atoms with van der Waals surface area (Å²) < 4.78 is 0. The molecule has 0 bridgehead atoms. The van der Waals surface area contributed by atoms with Crippen molar-refractivity contribution < 1.29 is 9.90 Å². The van der Waals surface area contributed by atoms with Gasteiger partial charge in [0, 0.05) is 0 Å². The molecule has 0 atom stereocenters. The predicted molar refractivity (Wildman–Crippen MR) is 21.0 cm³/mol. The second kappa shape index (κ2) is 5.01. The number of carbonyl (C=O) groups excluding carboxylic acids is 1. The second-order valence-corrected chi connectivity index (χ2v) is 0.523. The summed E-state index contributed by atoms with van der Waals surface area (Å²) >= 11 is 0. The van der Waals surface area contributed by atoms with E-state index in [0.29, 0.717) is 0 Å². The van der Waals surface area contributed by atoms with Crippen molar-refractivity contribution in [1.29, 1.82) is 0 Å². The van der Waals surface area contributed by atoms with Gasteiger partial charge >= 0.3 is 23.9 Å². The van der Waals surface area contributed by atoms with Gasteiger partial charge in [-0.1, -0.05) is 6.58 Å². The van der Waals surface area contributed by atoms with Crippen molar-refractivity contribution in [3.63, 3.8) is 0 Å². The van der Waals surface area contributed by atoms with Gasteiger partial charge in [0.25, 0.3) is 0 Å². The van der Waals surface area contributed by atoms with Crippen LogP contribution in [0.3, 0.4) is 0 Å². The molecule has 3 heteroatoms. The van der Waals surface area contributed by atoms with Crippen LogP contribution in [0.15, 0.2) is 12.7 Å². The van der Waals surface area contributed by atoms with Gasteiger partial charge in [-0.2, -0.15) is 0 Å². The van der Waals surface area contributed by atoms with E-state index in [1.54, 1.807) is 0 Å². The Bertz CT molecular complexity index is 59.8. The zero-order valence-electron chi connectivity index (χ0n) is 3.10. The molecule has 0 aromatic carbocycles. The van der Waals surface area contributed by atoms with Crippen LogP contribution in [-0.4, -0.2) is 29.9 Å². The summed E-state index contributed by atoms with van der Waals surface area (Å²) in [7, 11) is 0. The molecule has 0 saturated heterocycles. The smallest absolute Gasteiger partial charge is 0.545 e. The molecule has 2 nitrogen and oxygen atoms in total. The monoisotopic (exact) mass is 191 g/mol. The average molecular weight is 190 g/mol. The second-order valence-electron chi connectivity index (χ2n) is 0.523. The van der Waals surface area contributed by atoms with E-state index in [0.717, 1.165) is 6.08 Å². The molecule has 0 aromatic heterocycles. The summed E-state index contributed by atoms with van der Waals surface area (Å²) in [5.41, 5.74) is 0. The van der Waals surface area contributed by atoms with E-state index in [-0.39, 0.29) is 23.9 Å². The molecule has 0 N–H and O–H groups in total. The zero-order valence-corrected chi connectivity index (χ0v) is 5.96. The van der Waals surface area contributed by atoms with Crippen molar-refractivity contribution in [3.05, 3.63) is 12.7 Å². The SMILES string of the molecule is C=CC(=O)[O-].[Sn+4]. The van der Waals surface area contributed by atoms with Crippen LogP contribution in [0, 0.1) is 0 Å². The third-order valence-corrected chi connectivity index (χ3v) is 0.167. The van der Waals surface area contributed by atoms with Crippen LogP contribution >= 0.6 is 0 Å². The Balaban J connectivity index is 0. The van der Waals surface area contributed by atoms with Gasteiger partial charge < -0.3 is 9.90 Å². The quantitative estimate of drug-likeness (QED) is 0.374. The fourth-order valence-electron chi connectivity index (χ4n) is 0. The first-order chi connectivity index (χ1) is 2.27. The van der Waals surface area contributed by atoms with E-state index in [4.69, 9.17) is 9.90 Å². The van der Waals surface area contributed by atoms with Crippen LogP contribution in [0.4, 0.5) is 0 Å². The van der Waals surface area contributed by atoms with E-state index in [1.165, 1.54) is 0 Å². The first-order valence-corrected chi connectivity index (χ1v) is 1.11. The zero-order chi connectivity index (χ0) is 4.28. The number of rotatable bonds is 1. The number of aliphatic carboxylic acids is 1. The Labute approximate surface area is 52.8 Å². The Kier molecular flexibility index (Phi) is 7.83. The topological polar surface area (TPSA) is 40.1 Å². The number of hydrogen-bond acceptors (Lipinski definition) is 2. The first-order valence-electron chi connectivity index (χ1n) is 1.11. The van der Waals surface area contributed by atoms with E-state index in [2.05, 4.69) is 6.58 Å². The molecule has 6 heavy (non-hydrogen) atoms. The van der Waals surface area contributed by atoms with Crippen LogP contribution in [0.2, 0.25) is 0 Å². The molecule has 0 rings (SSSR count). The summed E-state index contributed by atoms with van der Waals surface area (Å²) in [6.07, 6.45) is 0.722. The number of carboxylic acid groups (broad SMARTS) is 1. The molecule has 0 radical (unpaired) electrons. The number of hydrogen-bond donors (Lipinski definition) is 0. The van der Waals surface area contributed by atoms with Gasteiger partial charge in [-0.25, -0.2) is 0 Å². The minimum Gasteiger partial charge on any atom is -0.545 e. The Morgan fingerprint density at radius 1 is 1.83 bits per heavy atom. The van der Waals surface area contributed by atoms with Crippen molar-refractivity contribution in [2.75, 3.05) is 0 Å². The summed E-state index contributed by atoms with van der Waals surface area (Å²) in [6.45, 7) is 2.90. The standard InChI is InChI=1S/C3H4O2.Sn/c1-2-3(4)5;/h2H,1H2,(H,4,5);/q;+4/p-1. The fraction of sp³-hybridized carbons (Fsp3) is 0. The first kappa shape index (κ1) is 9.38. The molecule has 0 spiro atoms. The minimum absolute atomic E-state index is 0. The summed E-state index contributed by atoms with van der Waals surface area (Å²) in [6, 6.07) is 0. The van der Waals surface area contributed by atoms with Crippen molar-refractivity contribution in [1.82, 2.24) is 0 Å². The number of carbonyl (C=O) groups is 1. The summed E-state index contributed by atoms with van der Waals surface area (Å²) in [4.78, 5) is 9.14. The molecule has 0 amide bonds. The van der Waals surface area contributed by atoms with E-state index in [9.17, 15) is 0 Å². The van der Waals surface area contributed by atoms with Crippen LogP contribution < -0.4 is 5.11 Å². The van der Waals surface area contributed by atoms with E-state index < -0.39 is 5.97 Å². The fourth-order valence-corrected chi connectivity index (χ4v) is 0. The third-order valence-electron chi connectivity index (χ3n) is 0.167. The third kappa shape index (κ3) is 8.99. The predicted octanol–water partition coefficient (Wildman–Crippen LogP) is -1.46. The number of carboxylic acids is 1. The van der Waals surface area contributed by atoms with Gasteiger partial charge in [0.05, 0.1) is 5.97 Å². The van der Waals surface area contributed by atoms with Crippen LogP contribution in [0.25, 0.3) is 0 Å². The maximum Gasteiger partial charge on any atom is 4.00 e. The minimum atomic E-state index is -1.23. The van der Waals surface area contributed by atoms with Gasteiger partial charge in [-0.3, -0.25) is 0 Å². The maximum absolute atomic E-state index is 9.14. The molecule has 0 saturated carbocycles. The molecule has 0 aliphatic rings. The van der Waals surface area contributed by atoms with Crippen LogP contribution in [0.1, 0.15) is 0 Å². The van der Waals surface area contributed by atoms with Crippen molar-refractivity contribution in [2.45, 2.75) is 0 Å². The molecule has 0 unspecified atom stereocenters. The molecule has 0 aromatic rings. The molecule has 0 aliphatic carbocycles. The van der Waals surface area contributed by atoms with Crippen LogP contribution in [-0.2, 0) is 4.79 Å². The van der Waals surface area contributed by atoms with Gasteiger partial charge in [0.1, 0.15) is 0 Å². The molecular formula is C3H3O2Sn+3. The Morgan fingerprint density at radius 2 is 2.00 bits per heavy atom. The van der Waals surface area contributed by atoms with Gasteiger partial charge in [0.2, 0.25) is 0 Å². The van der Waals surface area contributed by atoms with Crippen molar-refractivity contribution >= 4 is 29.9 Å². The molecule has 28 valence electrons. The summed E-state index contributed by atoms with van der Waals surface area (Å²) in [5, 5.41) is 9.14. The van der Waals surface area contributed by atoms with E-state index >= 15 is 0 Å². The van der Waals surface area contributed by atoms with Gasteiger partial charge in [-0.15, -0.1) is 0 Å². The molecular weight excluding hydrogens is 187 g/mol. The van der Waals surface area contributed by atoms with Crippen LogP contribution in [0.5, 0.6) is 0 Å². The molecule has 0 fully saturated rings. The van der Waals surface area contributed by atoms with Crippen molar-refractivity contribution in [3.8, 4) is 0 Å². The maximum atomic E-state index is 9.14. The van der Waals surface area contributed by atoms with Gasteiger partial charge in [-0.05, 0) is 6.08 Å². The normalized spacial score (nSPS) is 5.33. The Morgan fingerprint density at radius 3 is 2.00 bits per heavy atom. The van der Waals surface area contributed by atoms with Crippen molar-refractivity contribution in [2.24, 2.45) is 0 Å². The Hall–Kier alpha value is 0.00870. The summed E-state index contributed by atoms with van der Waals surface area (Å²) in [5.74, 6) is -1.23. The molecule has 0 heterocycles. The van der Waals surface area contributed by atoms with Gasteiger partial charge in [0.15, 0.2) is 0 Å².